The normalized spacial score (nSPS) is 24.0. The molecule has 1 aliphatic carbocycles. The predicted molar refractivity (Wildman–Crippen MR) is 31.1 cm³/mol. The first-order chi connectivity index (χ1) is 3.50. The number of hydrogen-bond acceptors (Lipinski definition) is 0. The van der Waals surface area contributed by atoms with Gasteiger partial charge in [0.15, 0.2) is 0 Å². The van der Waals surface area contributed by atoms with Gasteiger partial charge in [0.2, 0.25) is 0 Å². The summed E-state index contributed by atoms with van der Waals surface area (Å²) >= 11 is 0. The molecular formula is C7H10. The summed E-state index contributed by atoms with van der Waals surface area (Å²) in [4.78, 5) is 0. The molecule has 38 valence electrons. The van der Waals surface area contributed by atoms with Crippen LogP contribution in [-0.2, 0) is 0 Å². The molecule has 1 aliphatic rings. The van der Waals surface area contributed by atoms with Crippen LogP contribution in [0.2, 0.25) is 0 Å². The van der Waals surface area contributed by atoms with Crippen LogP contribution in [0.1, 0.15) is 19.3 Å². The van der Waals surface area contributed by atoms with Gasteiger partial charge in [-0.15, -0.1) is 0 Å². The quantitative estimate of drug-likeness (QED) is 0.403. The van der Waals surface area contributed by atoms with Crippen molar-refractivity contribution in [2.24, 2.45) is 0 Å². The Morgan fingerprint density at radius 3 is 3.00 bits per heavy atom. The fourth-order valence-corrected chi connectivity index (χ4v) is 0.699. The van der Waals surface area contributed by atoms with Crippen molar-refractivity contribution in [3.05, 3.63) is 25.7 Å². The average molecular weight is 94.2 g/mol. The molecule has 0 aromatic heterocycles. The van der Waals surface area contributed by atoms with E-state index in [0.29, 0.717) is 0 Å². The molecule has 0 aromatic carbocycles. The van der Waals surface area contributed by atoms with Gasteiger partial charge in [-0.25, -0.2) is 0 Å². The molecule has 0 saturated heterocycles. The molecule has 1 rings (SSSR count). The van der Waals surface area contributed by atoms with Gasteiger partial charge < -0.3 is 0 Å². The van der Waals surface area contributed by atoms with Crippen LogP contribution in [0.3, 0.4) is 0 Å². The molecule has 0 heteroatoms. The van der Waals surface area contributed by atoms with Gasteiger partial charge in [0.25, 0.3) is 0 Å². The Bertz CT molecular complexity index is 19.7. The summed E-state index contributed by atoms with van der Waals surface area (Å²) in [7, 11) is 0. The molecule has 0 aliphatic heterocycles. The van der Waals surface area contributed by atoms with Crippen LogP contribution >= 0.6 is 0 Å². The van der Waals surface area contributed by atoms with Crippen molar-refractivity contribution in [2.45, 2.75) is 19.3 Å². The van der Waals surface area contributed by atoms with Crippen LogP contribution in [0.4, 0.5) is 0 Å². The first kappa shape index (κ1) is 5.14. The molecular weight excluding hydrogens is 84.1 g/mol. The summed E-state index contributed by atoms with van der Waals surface area (Å²) in [6.07, 6.45) is 12.5. The zero-order valence-corrected chi connectivity index (χ0v) is 4.43. The van der Waals surface area contributed by atoms with E-state index in [1.165, 1.54) is 12.8 Å². The van der Waals surface area contributed by atoms with E-state index < -0.39 is 0 Å². The summed E-state index contributed by atoms with van der Waals surface area (Å²) in [6, 6.07) is 0. The van der Waals surface area contributed by atoms with E-state index in [0.717, 1.165) is 6.42 Å². The Kier molecular flexibility index (Phi) is 2.25. The molecule has 0 nitrogen and oxygen atoms in total. The van der Waals surface area contributed by atoms with E-state index in [-0.39, 0.29) is 0 Å². The van der Waals surface area contributed by atoms with Gasteiger partial charge in [-0.2, -0.15) is 0 Å². The van der Waals surface area contributed by atoms with Crippen LogP contribution in [-0.4, -0.2) is 0 Å². The topological polar surface area (TPSA) is 0 Å². The van der Waals surface area contributed by atoms with Crippen LogP contribution in [0.5, 0.6) is 0 Å². The van der Waals surface area contributed by atoms with E-state index in [2.05, 4.69) is 25.7 Å². The van der Waals surface area contributed by atoms with Crippen LogP contribution in [0.15, 0.2) is 0 Å². The van der Waals surface area contributed by atoms with Gasteiger partial charge in [-0.05, 0) is 44.9 Å². The fraction of sp³-hybridized carbons (Fsp3) is 0.429. The van der Waals surface area contributed by atoms with Crippen molar-refractivity contribution in [1.29, 1.82) is 0 Å². The van der Waals surface area contributed by atoms with Crippen molar-refractivity contribution in [2.75, 3.05) is 0 Å². The smallest absolute Gasteiger partial charge is 0.0318 e. The standard InChI is InChI=1S/C7H10/c1-2-4-6-7-5-3-1/h1-3,6H,4-5,7H2. The van der Waals surface area contributed by atoms with Crippen molar-refractivity contribution in [3.63, 3.8) is 0 Å². The summed E-state index contributed by atoms with van der Waals surface area (Å²) in [5.41, 5.74) is 0. The van der Waals surface area contributed by atoms with Crippen LogP contribution in [0.25, 0.3) is 0 Å². The lowest BCUT2D eigenvalue weighted by Gasteiger charge is -1.85. The minimum atomic E-state index is 1.16. The maximum absolute atomic E-state index is 2.31. The summed E-state index contributed by atoms with van der Waals surface area (Å²) in [6.45, 7) is 0. The molecule has 1 fully saturated rings. The Morgan fingerprint density at radius 2 is 2.00 bits per heavy atom. The molecule has 0 aromatic rings. The number of rotatable bonds is 0. The average Bonchev–Trinajstić information content (AvgIpc) is 1.90. The minimum absolute atomic E-state index is 1.16. The first-order valence-electron chi connectivity index (χ1n) is 2.80. The molecule has 0 spiro atoms. The highest BCUT2D eigenvalue weighted by Crippen LogP contribution is 2.11. The van der Waals surface area contributed by atoms with E-state index in [4.69, 9.17) is 0 Å². The SMILES string of the molecule is [CH]1[CH]C[CH]CC[CH]1. The van der Waals surface area contributed by atoms with Gasteiger partial charge in [-0.3, -0.25) is 0 Å². The minimum Gasteiger partial charge on any atom is -0.0499 e. The Hall–Kier alpha value is 0. The molecule has 0 heterocycles. The highest BCUT2D eigenvalue weighted by molar-refractivity contribution is 5.01. The van der Waals surface area contributed by atoms with Gasteiger partial charge in [-0.1, -0.05) is 0 Å². The third kappa shape index (κ3) is 1.96. The Morgan fingerprint density at radius 1 is 1.00 bits per heavy atom. The summed E-state index contributed by atoms with van der Waals surface area (Å²) < 4.78 is 0. The molecule has 4 radical (unpaired) electrons. The number of hydrogen-bond donors (Lipinski definition) is 0. The van der Waals surface area contributed by atoms with Gasteiger partial charge in [0.05, 0.1) is 0 Å². The van der Waals surface area contributed by atoms with Crippen molar-refractivity contribution < 1.29 is 0 Å². The zero-order valence-electron chi connectivity index (χ0n) is 4.43. The highest BCUT2D eigenvalue weighted by atomic mass is 14.0. The molecule has 7 heavy (non-hydrogen) atoms. The first-order valence-corrected chi connectivity index (χ1v) is 2.80. The second-order valence-electron chi connectivity index (χ2n) is 1.77. The lowest BCUT2D eigenvalue weighted by molar-refractivity contribution is 0.926. The van der Waals surface area contributed by atoms with E-state index in [1.807, 2.05) is 0 Å². The second-order valence-corrected chi connectivity index (χ2v) is 1.77. The zero-order chi connectivity index (χ0) is 4.95. The molecule has 0 amide bonds. The van der Waals surface area contributed by atoms with Crippen LogP contribution in [0, 0.1) is 25.7 Å². The lowest BCUT2D eigenvalue weighted by atomic mass is 10.2. The predicted octanol–water partition coefficient (Wildman–Crippen LogP) is 1.99. The Labute approximate surface area is 45.9 Å². The van der Waals surface area contributed by atoms with E-state index >= 15 is 0 Å². The molecule has 1 saturated carbocycles. The van der Waals surface area contributed by atoms with Crippen molar-refractivity contribution >= 4 is 0 Å². The monoisotopic (exact) mass is 94.1 g/mol. The van der Waals surface area contributed by atoms with Crippen LogP contribution < -0.4 is 0 Å². The van der Waals surface area contributed by atoms with Gasteiger partial charge in [0, 0.05) is 0 Å². The summed E-state index contributed by atoms with van der Waals surface area (Å²) in [5, 5.41) is 0. The molecule has 0 bridgehead atoms. The maximum Gasteiger partial charge on any atom is -0.0318 e. The third-order valence-corrected chi connectivity index (χ3v) is 1.11. The van der Waals surface area contributed by atoms with Gasteiger partial charge in [0.1, 0.15) is 0 Å². The van der Waals surface area contributed by atoms with Crippen molar-refractivity contribution in [1.82, 2.24) is 0 Å². The van der Waals surface area contributed by atoms with Crippen molar-refractivity contribution in [3.8, 4) is 0 Å². The Balaban J connectivity index is 2.04. The molecule has 0 atom stereocenters. The largest absolute Gasteiger partial charge is 0.0499 e. The highest BCUT2D eigenvalue weighted by Gasteiger charge is 1.96. The molecule has 0 N–H and O–H groups in total. The molecule has 0 unspecified atom stereocenters. The van der Waals surface area contributed by atoms with E-state index in [1.54, 1.807) is 0 Å². The third-order valence-electron chi connectivity index (χ3n) is 1.11. The van der Waals surface area contributed by atoms with E-state index in [9.17, 15) is 0 Å². The maximum atomic E-state index is 2.31. The summed E-state index contributed by atoms with van der Waals surface area (Å²) in [5.74, 6) is 0. The second kappa shape index (κ2) is 3.06. The van der Waals surface area contributed by atoms with Gasteiger partial charge >= 0.3 is 0 Å². The lowest BCUT2D eigenvalue weighted by Crippen LogP contribution is -1.71. The fourth-order valence-electron chi connectivity index (χ4n) is 0.699.